The van der Waals surface area contributed by atoms with Crippen molar-refractivity contribution in [1.82, 2.24) is 5.32 Å². The molecule has 0 rings (SSSR count). The van der Waals surface area contributed by atoms with Crippen LogP contribution in [0.5, 0.6) is 0 Å². The monoisotopic (exact) mass is 688 g/mol. The normalized spacial score (nSPS) is 13.3. The van der Waals surface area contributed by atoms with Crippen molar-refractivity contribution in [2.75, 3.05) is 6.61 Å². The molecule has 2 atom stereocenters. The Bertz CT molecular complexity index is 746. The van der Waals surface area contributed by atoms with Gasteiger partial charge in [-0.15, -0.1) is 0 Å². The summed E-state index contributed by atoms with van der Waals surface area (Å²) in [6.07, 6.45) is 53.8. The van der Waals surface area contributed by atoms with Crippen LogP contribution in [0.3, 0.4) is 0 Å². The van der Waals surface area contributed by atoms with E-state index in [1.165, 1.54) is 173 Å². The molecule has 0 fully saturated rings. The van der Waals surface area contributed by atoms with E-state index in [4.69, 9.17) is 0 Å². The molecule has 0 aliphatic rings. The Balaban J connectivity index is 3.58. The number of carbonyl (C=O) groups is 1. The van der Waals surface area contributed by atoms with Crippen molar-refractivity contribution in [3.8, 4) is 0 Å². The summed E-state index contributed by atoms with van der Waals surface area (Å²) in [4.78, 5) is 12.4. The number of nitrogens with one attached hydrogen (secondary N) is 1. The molecule has 49 heavy (non-hydrogen) atoms. The molecule has 0 heterocycles. The first-order valence-corrected chi connectivity index (χ1v) is 21.7. The predicted molar refractivity (Wildman–Crippen MR) is 216 cm³/mol. The third kappa shape index (κ3) is 37.7. The van der Waals surface area contributed by atoms with E-state index in [1.54, 1.807) is 6.08 Å². The molecule has 0 aromatic heterocycles. The SMILES string of the molecule is CCCCCCC/C=C\C/C=C\CCCCCCCCCCCC(=O)NC(CO)C(O)/C=C/CCCCCCCCCCCCCCCC. The number of aliphatic hydroxyl groups is 2. The molecule has 0 bridgehead atoms. The minimum Gasteiger partial charge on any atom is -0.394 e. The number of hydrogen-bond acceptors (Lipinski definition) is 3. The van der Waals surface area contributed by atoms with Crippen LogP contribution in [0.15, 0.2) is 36.5 Å². The molecule has 4 heteroatoms. The van der Waals surface area contributed by atoms with Gasteiger partial charge in [-0.2, -0.15) is 0 Å². The van der Waals surface area contributed by atoms with Gasteiger partial charge >= 0.3 is 0 Å². The maximum absolute atomic E-state index is 12.4. The number of unbranched alkanes of at least 4 members (excludes halogenated alkanes) is 28. The van der Waals surface area contributed by atoms with Gasteiger partial charge in [-0.25, -0.2) is 0 Å². The fourth-order valence-corrected chi connectivity index (χ4v) is 6.50. The Hall–Kier alpha value is -1.39. The summed E-state index contributed by atoms with van der Waals surface area (Å²) in [5.74, 6) is -0.0682. The molecule has 0 saturated heterocycles. The van der Waals surface area contributed by atoms with Crippen LogP contribution in [0.4, 0.5) is 0 Å². The van der Waals surface area contributed by atoms with Crippen LogP contribution in [0.2, 0.25) is 0 Å². The number of amides is 1. The molecule has 0 spiro atoms. The lowest BCUT2D eigenvalue weighted by Gasteiger charge is -2.20. The first-order chi connectivity index (χ1) is 24.2. The van der Waals surface area contributed by atoms with Gasteiger partial charge in [0.25, 0.3) is 0 Å². The summed E-state index contributed by atoms with van der Waals surface area (Å²) < 4.78 is 0. The first kappa shape index (κ1) is 47.6. The average Bonchev–Trinajstić information content (AvgIpc) is 3.10. The molecule has 288 valence electrons. The van der Waals surface area contributed by atoms with Gasteiger partial charge < -0.3 is 15.5 Å². The number of hydrogen-bond donors (Lipinski definition) is 3. The van der Waals surface area contributed by atoms with Gasteiger partial charge in [-0.3, -0.25) is 4.79 Å². The van der Waals surface area contributed by atoms with Gasteiger partial charge in [0.05, 0.1) is 18.8 Å². The van der Waals surface area contributed by atoms with Gasteiger partial charge in [0, 0.05) is 6.42 Å². The zero-order chi connectivity index (χ0) is 35.7. The summed E-state index contributed by atoms with van der Waals surface area (Å²) in [7, 11) is 0. The quantitative estimate of drug-likeness (QED) is 0.0445. The van der Waals surface area contributed by atoms with E-state index < -0.39 is 12.1 Å². The predicted octanol–water partition coefficient (Wildman–Crippen LogP) is 13.4. The molecule has 0 aromatic carbocycles. The first-order valence-electron chi connectivity index (χ1n) is 21.7. The number of rotatable bonds is 39. The summed E-state index contributed by atoms with van der Waals surface area (Å²) in [5.41, 5.74) is 0. The molecule has 0 aliphatic heterocycles. The Labute approximate surface area is 306 Å². The van der Waals surface area contributed by atoms with Gasteiger partial charge in [0.15, 0.2) is 0 Å². The Kier molecular flexibility index (Phi) is 39.9. The minimum absolute atomic E-state index is 0.0682. The molecule has 0 radical (unpaired) electrons. The maximum Gasteiger partial charge on any atom is 0.220 e. The van der Waals surface area contributed by atoms with Crippen molar-refractivity contribution in [3.05, 3.63) is 36.5 Å². The van der Waals surface area contributed by atoms with E-state index >= 15 is 0 Å². The Morgan fingerprint density at radius 2 is 0.837 bits per heavy atom. The van der Waals surface area contributed by atoms with Crippen LogP contribution in [-0.2, 0) is 4.79 Å². The van der Waals surface area contributed by atoms with Gasteiger partial charge in [-0.1, -0.05) is 204 Å². The van der Waals surface area contributed by atoms with E-state index in [0.29, 0.717) is 6.42 Å². The van der Waals surface area contributed by atoms with Crippen LogP contribution >= 0.6 is 0 Å². The standard InChI is InChI=1S/C45H85NO3/c1-3-5-7-9-11-13-15-17-19-21-22-23-24-25-27-29-31-33-35-37-39-41-45(49)46-43(42-47)44(48)40-38-36-34-32-30-28-26-20-18-16-14-12-10-8-6-4-2/h15,17,21-22,38,40,43-44,47-48H,3-14,16,18-20,23-37,39,41-42H2,1-2H3,(H,46,49)/b17-15-,22-21-,40-38+. The highest BCUT2D eigenvalue weighted by molar-refractivity contribution is 5.76. The van der Waals surface area contributed by atoms with Crippen LogP contribution in [0.1, 0.15) is 226 Å². The fraction of sp³-hybridized carbons (Fsp3) is 0.844. The summed E-state index contributed by atoms with van der Waals surface area (Å²) in [6, 6.07) is -0.623. The van der Waals surface area contributed by atoms with Crippen molar-refractivity contribution >= 4 is 5.91 Å². The van der Waals surface area contributed by atoms with Gasteiger partial charge in [0.1, 0.15) is 0 Å². The highest BCUT2D eigenvalue weighted by Crippen LogP contribution is 2.15. The third-order valence-electron chi connectivity index (χ3n) is 9.87. The highest BCUT2D eigenvalue weighted by Gasteiger charge is 2.17. The minimum atomic E-state index is -0.839. The maximum atomic E-state index is 12.4. The van der Waals surface area contributed by atoms with Crippen molar-refractivity contribution in [3.63, 3.8) is 0 Å². The number of carbonyl (C=O) groups excluding carboxylic acids is 1. The zero-order valence-electron chi connectivity index (χ0n) is 33.0. The molecular weight excluding hydrogens is 602 g/mol. The van der Waals surface area contributed by atoms with E-state index in [1.807, 2.05) is 6.08 Å². The molecule has 1 amide bonds. The molecular formula is C45H85NO3. The van der Waals surface area contributed by atoms with Crippen LogP contribution in [-0.4, -0.2) is 34.9 Å². The van der Waals surface area contributed by atoms with Gasteiger partial charge in [-0.05, 0) is 51.4 Å². The lowest BCUT2D eigenvalue weighted by atomic mass is 10.0. The molecule has 2 unspecified atom stereocenters. The zero-order valence-corrected chi connectivity index (χ0v) is 33.0. The topological polar surface area (TPSA) is 69.6 Å². The van der Waals surface area contributed by atoms with E-state index in [0.717, 1.165) is 32.1 Å². The third-order valence-corrected chi connectivity index (χ3v) is 9.87. The van der Waals surface area contributed by atoms with Crippen molar-refractivity contribution < 1.29 is 15.0 Å². The smallest absolute Gasteiger partial charge is 0.220 e. The van der Waals surface area contributed by atoms with E-state index in [2.05, 4.69) is 43.5 Å². The number of aliphatic hydroxyl groups excluding tert-OH is 2. The van der Waals surface area contributed by atoms with Crippen LogP contribution < -0.4 is 5.32 Å². The number of allylic oxidation sites excluding steroid dienone is 5. The molecule has 0 saturated carbocycles. The second-order valence-corrected chi connectivity index (χ2v) is 14.8. The Morgan fingerprint density at radius 1 is 0.490 bits per heavy atom. The Morgan fingerprint density at radius 3 is 1.22 bits per heavy atom. The van der Waals surface area contributed by atoms with E-state index in [9.17, 15) is 15.0 Å². The summed E-state index contributed by atoms with van der Waals surface area (Å²) in [5, 5.41) is 23.0. The molecule has 0 aliphatic carbocycles. The molecule has 0 aromatic rings. The van der Waals surface area contributed by atoms with Crippen LogP contribution in [0, 0.1) is 0 Å². The molecule has 3 N–H and O–H groups in total. The van der Waals surface area contributed by atoms with Crippen molar-refractivity contribution in [2.24, 2.45) is 0 Å². The van der Waals surface area contributed by atoms with Crippen LogP contribution in [0.25, 0.3) is 0 Å². The summed E-state index contributed by atoms with van der Waals surface area (Å²) >= 11 is 0. The second-order valence-electron chi connectivity index (χ2n) is 14.8. The fourth-order valence-electron chi connectivity index (χ4n) is 6.50. The lowest BCUT2D eigenvalue weighted by Crippen LogP contribution is -2.45. The highest BCUT2D eigenvalue weighted by atomic mass is 16.3. The average molecular weight is 688 g/mol. The van der Waals surface area contributed by atoms with E-state index in [-0.39, 0.29) is 12.5 Å². The molecule has 4 nitrogen and oxygen atoms in total. The van der Waals surface area contributed by atoms with Gasteiger partial charge in [0.2, 0.25) is 5.91 Å². The second kappa shape index (κ2) is 41.0. The largest absolute Gasteiger partial charge is 0.394 e. The summed E-state index contributed by atoms with van der Waals surface area (Å²) in [6.45, 7) is 4.30. The van der Waals surface area contributed by atoms with Crippen molar-refractivity contribution in [2.45, 2.75) is 238 Å². The van der Waals surface area contributed by atoms with Crippen molar-refractivity contribution in [1.29, 1.82) is 0 Å². The lowest BCUT2D eigenvalue weighted by molar-refractivity contribution is -0.123.